The predicted octanol–water partition coefficient (Wildman–Crippen LogP) is 4.63. The van der Waals surface area contributed by atoms with E-state index in [2.05, 4.69) is 34.6 Å². The van der Waals surface area contributed by atoms with Crippen LogP contribution in [-0.2, 0) is 9.59 Å². The summed E-state index contributed by atoms with van der Waals surface area (Å²) in [5.41, 5.74) is 0.393. The number of halogens is 2. The summed E-state index contributed by atoms with van der Waals surface area (Å²) >= 11 is 0. The molecule has 0 aromatic heterocycles. The molecular weight excluding hydrogens is 523 g/mol. The number of anilines is 1. The molecule has 0 unspecified atom stereocenters. The van der Waals surface area contributed by atoms with E-state index in [1.54, 1.807) is 0 Å². The molecule has 2 saturated heterocycles. The molecule has 2 amide bonds. The number of aliphatic hydroxyl groups is 1. The Kier molecular flexibility index (Phi) is 13.7. The van der Waals surface area contributed by atoms with Crippen molar-refractivity contribution in [3.63, 3.8) is 0 Å². The summed E-state index contributed by atoms with van der Waals surface area (Å²) in [4.78, 5) is 31.6. The Balaban J connectivity index is 0.00000253. The summed E-state index contributed by atoms with van der Waals surface area (Å²) in [6, 6.07) is 9.49. The smallest absolute Gasteiger partial charge is 0.248 e. The largest absolute Gasteiger partial charge is 0.390 e. The number of carbonyl (C=O) groups excluding carboxylic acids is 2. The van der Waals surface area contributed by atoms with Crippen molar-refractivity contribution in [1.29, 1.82) is 0 Å². The lowest BCUT2D eigenvalue weighted by Crippen LogP contribution is -2.75. The summed E-state index contributed by atoms with van der Waals surface area (Å²) in [6.45, 7) is 6.33. The van der Waals surface area contributed by atoms with Crippen molar-refractivity contribution in [2.45, 2.75) is 95.2 Å². The van der Waals surface area contributed by atoms with Crippen molar-refractivity contribution in [2.24, 2.45) is 5.92 Å². The molecule has 3 aliphatic rings. The number of unbranched alkanes of at least 4 members (excludes halogenated alkanes) is 2. The van der Waals surface area contributed by atoms with Crippen molar-refractivity contribution in [1.82, 2.24) is 15.1 Å². The molecule has 0 radical (unpaired) electrons. The van der Waals surface area contributed by atoms with E-state index in [0.29, 0.717) is 19.4 Å². The van der Waals surface area contributed by atoms with E-state index in [1.807, 2.05) is 23.1 Å². The number of carbonyl (C=O) groups is 2. The lowest BCUT2D eigenvalue weighted by molar-refractivity contribution is -0.165. The second-order valence-corrected chi connectivity index (χ2v) is 11.1. The Labute approximate surface area is 241 Å². The Morgan fingerprint density at radius 3 is 2.34 bits per heavy atom. The number of rotatable bonds is 11. The van der Waals surface area contributed by atoms with E-state index in [4.69, 9.17) is 0 Å². The van der Waals surface area contributed by atoms with Crippen LogP contribution in [0.5, 0.6) is 0 Å². The molecule has 0 bridgehead atoms. The maximum Gasteiger partial charge on any atom is 0.248 e. The van der Waals surface area contributed by atoms with E-state index in [1.165, 1.54) is 6.42 Å². The number of aliphatic hydroxyl groups excluding tert-OH is 1. The highest BCUT2D eigenvalue weighted by molar-refractivity contribution is 6.00. The van der Waals surface area contributed by atoms with Gasteiger partial charge in [-0.2, -0.15) is 0 Å². The van der Waals surface area contributed by atoms with Gasteiger partial charge >= 0.3 is 0 Å². The number of piperazine rings is 1. The summed E-state index contributed by atoms with van der Waals surface area (Å²) in [7, 11) is 0. The number of para-hydroxylation sites is 1. The molecule has 3 fully saturated rings. The van der Waals surface area contributed by atoms with Crippen molar-refractivity contribution in [2.75, 3.05) is 38.0 Å². The molecule has 1 aromatic carbocycles. The van der Waals surface area contributed by atoms with Gasteiger partial charge in [0.15, 0.2) is 0 Å². The third kappa shape index (κ3) is 7.77. The zero-order chi connectivity index (χ0) is 25.4. The second-order valence-electron chi connectivity index (χ2n) is 11.1. The highest BCUT2D eigenvalue weighted by Crippen LogP contribution is 2.36. The first-order valence-electron chi connectivity index (χ1n) is 14.4. The number of benzene rings is 1. The molecule has 2 atom stereocenters. The molecule has 1 aromatic rings. The van der Waals surface area contributed by atoms with E-state index < -0.39 is 17.7 Å². The quantitative estimate of drug-likeness (QED) is 0.338. The van der Waals surface area contributed by atoms with Crippen LogP contribution in [0.1, 0.15) is 77.6 Å². The van der Waals surface area contributed by atoms with E-state index >= 15 is 0 Å². The van der Waals surface area contributed by atoms with Crippen LogP contribution in [0.3, 0.4) is 0 Å². The average molecular weight is 572 g/mol. The summed E-state index contributed by atoms with van der Waals surface area (Å²) < 4.78 is 0. The van der Waals surface area contributed by atoms with Gasteiger partial charge in [-0.25, -0.2) is 0 Å². The number of hydrogen-bond acceptors (Lipinski definition) is 5. The van der Waals surface area contributed by atoms with Crippen LogP contribution >= 0.6 is 24.8 Å². The van der Waals surface area contributed by atoms with Crippen LogP contribution in [0.25, 0.3) is 0 Å². The topological polar surface area (TPSA) is 84.9 Å². The minimum atomic E-state index is -0.793. The van der Waals surface area contributed by atoms with Crippen LogP contribution < -0.4 is 10.6 Å². The lowest BCUT2D eigenvalue weighted by Gasteiger charge is -2.52. The van der Waals surface area contributed by atoms with Crippen molar-refractivity contribution >= 4 is 42.3 Å². The first-order chi connectivity index (χ1) is 17.5. The van der Waals surface area contributed by atoms with Crippen LogP contribution in [0.2, 0.25) is 0 Å². The maximum atomic E-state index is 13.7. The number of nitrogens with zero attached hydrogens (tertiary/aromatic N) is 2. The van der Waals surface area contributed by atoms with Crippen molar-refractivity contribution in [3.8, 4) is 0 Å². The first kappa shape index (κ1) is 32.7. The van der Waals surface area contributed by atoms with Crippen molar-refractivity contribution in [3.05, 3.63) is 30.3 Å². The molecule has 4 rings (SSSR count). The fourth-order valence-corrected chi connectivity index (χ4v) is 6.35. The van der Waals surface area contributed by atoms with Gasteiger partial charge in [-0.05, 0) is 69.5 Å². The van der Waals surface area contributed by atoms with Gasteiger partial charge in [0.05, 0.1) is 6.10 Å². The summed E-state index contributed by atoms with van der Waals surface area (Å²) in [5.74, 6) is -0.0142. The number of piperidine rings is 1. The van der Waals surface area contributed by atoms with Crippen LogP contribution in [0.15, 0.2) is 30.3 Å². The normalized spacial score (nSPS) is 22.8. The van der Waals surface area contributed by atoms with Gasteiger partial charge in [-0.1, -0.05) is 50.8 Å². The van der Waals surface area contributed by atoms with Crippen LogP contribution in [0, 0.1) is 5.92 Å². The number of nitrogens with one attached hydrogen (secondary N) is 2. The SMILES string of the molecule is CCCCN1C(=O)[C@@H]([C@H](O)C2CCCCC2)NC(=O)C12CCN(CCCCNc1ccccc1)CC2.Cl.Cl. The fraction of sp³-hybridized carbons (Fsp3) is 0.724. The summed E-state index contributed by atoms with van der Waals surface area (Å²) in [6.07, 6.45) is 9.88. The number of likely N-dealkylation sites (tertiary alicyclic amines) is 1. The number of hydrogen-bond donors (Lipinski definition) is 3. The van der Waals surface area contributed by atoms with Gasteiger partial charge in [0.25, 0.3) is 0 Å². The Morgan fingerprint density at radius 2 is 1.68 bits per heavy atom. The molecule has 2 aliphatic heterocycles. The van der Waals surface area contributed by atoms with Gasteiger partial charge in [0.2, 0.25) is 11.8 Å². The third-order valence-corrected chi connectivity index (χ3v) is 8.65. The molecule has 7 nitrogen and oxygen atoms in total. The Morgan fingerprint density at radius 1 is 1.00 bits per heavy atom. The molecule has 3 N–H and O–H groups in total. The van der Waals surface area contributed by atoms with Gasteiger partial charge < -0.3 is 25.5 Å². The monoisotopic (exact) mass is 570 g/mol. The van der Waals surface area contributed by atoms with E-state index in [9.17, 15) is 14.7 Å². The highest BCUT2D eigenvalue weighted by Gasteiger charge is 2.55. The molecule has 1 saturated carbocycles. The molecule has 9 heteroatoms. The zero-order valence-electron chi connectivity index (χ0n) is 22.9. The molecule has 1 aliphatic carbocycles. The number of amides is 2. The fourth-order valence-electron chi connectivity index (χ4n) is 6.35. The minimum Gasteiger partial charge on any atom is -0.390 e. The molecular formula is C29H48Cl2N4O3. The highest BCUT2D eigenvalue weighted by atomic mass is 35.5. The van der Waals surface area contributed by atoms with E-state index in [-0.39, 0.29) is 42.5 Å². The first-order valence-corrected chi connectivity index (χ1v) is 14.4. The van der Waals surface area contributed by atoms with Gasteiger partial charge in [0, 0.05) is 31.9 Å². The van der Waals surface area contributed by atoms with Gasteiger partial charge in [-0.15, -0.1) is 24.8 Å². The lowest BCUT2D eigenvalue weighted by atomic mass is 9.78. The van der Waals surface area contributed by atoms with Crippen LogP contribution in [-0.4, -0.2) is 77.1 Å². The third-order valence-electron chi connectivity index (χ3n) is 8.65. The van der Waals surface area contributed by atoms with Crippen LogP contribution in [0.4, 0.5) is 5.69 Å². The molecule has 38 heavy (non-hydrogen) atoms. The van der Waals surface area contributed by atoms with Gasteiger partial charge in [-0.3, -0.25) is 9.59 Å². The Bertz CT molecular complexity index is 845. The zero-order valence-corrected chi connectivity index (χ0v) is 24.5. The molecule has 1 spiro atoms. The van der Waals surface area contributed by atoms with Crippen molar-refractivity contribution < 1.29 is 14.7 Å². The van der Waals surface area contributed by atoms with E-state index in [0.717, 1.165) is 83.2 Å². The summed E-state index contributed by atoms with van der Waals surface area (Å²) in [5, 5.41) is 17.6. The Hall–Kier alpha value is -1.54. The molecule has 216 valence electrons. The second kappa shape index (κ2) is 15.9. The van der Waals surface area contributed by atoms with Gasteiger partial charge in [0.1, 0.15) is 11.6 Å². The maximum absolute atomic E-state index is 13.7. The predicted molar refractivity (Wildman–Crippen MR) is 158 cm³/mol. The molecule has 2 heterocycles. The average Bonchev–Trinajstić information content (AvgIpc) is 2.92. The minimum absolute atomic E-state index is 0. The standard InChI is InChI=1S/C29H46N4O3.2ClH/c1-2-3-20-33-27(35)25(26(34)23-12-6-4-7-13-23)31-28(36)29(33)16-21-32(22-17-29)19-11-10-18-30-24-14-8-5-9-15-24;;/h5,8-9,14-15,23,25-26,30,34H,2-4,6-7,10-13,16-22H2,1H3,(H,31,36);2*1H/t25-,26-;;/m1../s1.